The van der Waals surface area contributed by atoms with Crippen molar-refractivity contribution in [2.75, 3.05) is 5.75 Å². The van der Waals surface area contributed by atoms with Crippen molar-refractivity contribution < 1.29 is 31.5 Å². The number of benzene rings is 3. The molecule has 0 aliphatic heterocycles. The molecule has 3 aromatic carbocycles. The van der Waals surface area contributed by atoms with Crippen LogP contribution in [0.1, 0.15) is 40.2 Å². The molecule has 10 heteroatoms. The Morgan fingerprint density at radius 2 is 1.60 bits per heavy atom. The van der Waals surface area contributed by atoms with Gasteiger partial charge in [0.05, 0.1) is 11.4 Å². The summed E-state index contributed by atoms with van der Waals surface area (Å²) in [5.74, 6) is -2.31. The van der Waals surface area contributed by atoms with Gasteiger partial charge in [-0.05, 0) is 84.8 Å². The molecule has 0 bridgehead atoms. The second-order valence-electron chi connectivity index (χ2n) is 9.60. The first-order valence-electron chi connectivity index (χ1n) is 12.4. The van der Waals surface area contributed by atoms with Crippen molar-refractivity contribution in [2.24, 2.45) is 0 Å². The SMILES string of the molecule is Cc1cc(C)c(SN(Cc2ccc(-c3cccc(S(=O)(=O)CC(=O)O)c3)cc2)Cc2ccc(C(F)F)o2)c(C)c1. The number of nitrogens with zero attached hydrogens (tertiary/aromatic N) is 1. The Morgan fingerprint density at radius 3 is 2.20 bits per heavy atom. The quantitative estimate of drug-likeness (QED) is 0.184. The van der Waals surface area contributed by atoms with Crippen molar-refractivity contribution in [3.8, 4) is 11.1 Å². The summed E-state index contributed by atoms with van der Waals surface area (Å²) in [4.78, 5) is 12.0. The molecule has 1 N–H and O–H groups in total. The fraction of sp³-hybridized carbons (Fsp3) is 0.233. The second-order valence-corrected chi connectivity index (χ2v) is 12.7. The zero-order valence-electron chi connectivity index (χ0n) is 22.2. The number of alkyl halides is 2. The zero-order chi connectivity index (χ0) is 29.0. The Hall–Kier alpha value is -3.47. The van der Waals surface area contributed by atoms with E-state index in [-0.39, 0.29) is 10.7 Å². The zero-order valence-corrected chi connectivity index (χ0v) is 23.9. The number of rotatable bonds is 11. The molecule has 0 unspecified atom stereocenters. The van der Waals surface area contributed by atoms with Crippen LogP contribution in [0.25, 0.3) is 11.1 Å². The van der Waals surface area contributed by atoms with Crippen LogP contribution in [0.4, 0.5) is 8.78 Å². The number of carbonyl (C=O) groups is 1. The molecule has 0 fully saturated rings. The lowest BCUT2D eigenvalue weighted by molar-refractivity contribution is -0.134. The average molecular weight is 586 g/mol. The van der Waals surface area contributed by atoms with Gasteiger partial charge >= 0.3 is 5.97 Å². The number of aryl methyl sites for hydroxylation is 3. The van der Waals surface area contributed by atoms with Gasteiger partial charge < -0.3 is 9.52 Å². The van der Waals surface area contributed by atoms with Crippen LogP contribution in [-0.4, -0.2) is 29.6 Å². The highest BCUT2D eigenvalue weighted by atomic mass is 32.2. The van der Waals surface area contributed by atoms with Gasteiger partial charge in [-0.2, -0.15) is 0 Å². The fourth-order valence-corrected chi connectivity index (χ4v) is 6.61. The predicted molar refractivity (Wildman–Crippen MR) is 151 cm³/mol. The largest absolute Gasteiger partial charge is 0.480 e. The molecule has 0 radical (unpaired) electrons. The third kappa shape index (κ3) is 7.38. The van der Waals surface area contributed by atoms with Crippen LogP contribution >= 0.6 is 11.9 Å². The van der Waals surface area contributed by atoms with E-state index in [1.807, 2.05) is 49.3 Å². The van der Waals surface area contributed by atoms with Gasteiger partial charge in [-0.1, -0.05) is 54.1 Å². The smallest absolute Gasteiger partial charge is 0.319 e. The van der Waals surface area contributed by atoms with Crippen molar-refractivity contribution in [3.63, 3.8) is 0 Å². The monoisotopic (exact) mass is 585 g/mol. The molecule has 0 saturated heterocycles. The Morgan fingerprint density at radius 1 is 0.925 bits per heavy atom. The molecule has 210 valence electrons. The summed E-state index contributed by atoms with van der Waals surface area (Å²) in [7, 11) is -3.95. The van der Waals surface area contributed by atoms with E-state index in [9.17, 15) is 22.0 Å². The number of carboxylic acid groups (broad SMARTS) is 1. The minimum Gasteiger partial charge on any atom is -0.480 e. The lowest BCUT2D eigenvalue weighted by atomic mass is 10.0. The average Bonchev–Trinajstić information content (AvgIpc) is 3.35. The van der Waals surface area contributed by atoms with Gasteiger partial charge in [-0.3, -0.25) is 4.79 Å². The number of hydrogen-bond acceptors (Lipinski definition) is 6. The van der Waals surface area contributed by atoms with E-state index in [0.29, 0.717) is 24.4 Å². The first kappa shape index (κ1) is 29.5. The summed E-state index contributed by atoms with van der Waals surface area (Å²) in [6.45, 7) is 6.91. The third-order valence-corrected chi connectivity index (χ3v) is 9.15. The summed E-state index contributed by atoms with van der Waals surface area (Å²) in [6, 6.07) is 20.8. The lowest BCUT2D eigenvalue weighted by Crippen LogP contribution is -2.15. The summed E-state index contributed by atoms with van der Waals surface area (Å²) < 4.78 is 58.4. The van der Waals surface area contributed by atoms with Gasteiger partial charge in [0.2, 0.25) is 0 Å². The fourth-order valence-electron chi connectivity index (χ4n) is 4.45. The maximum Gasteiger partial charge on any atom is 0.319 e. The minimum absolute atomic E-state index is 0.0514. The van der Waals surface area contributed by atoms with Crippen LogP contribution in [0.3, 0.4) is 0 Å². The molecule has 6 nitrogen and oxygen atoms in total. The molecule has 1 heterocycles. The van der Waals surface area contributed by atoms with E-state index < -0.39 is 28.0 Å². The maximum atomic E-state index is 13.1. The molecule has 0 atom stereocenters. The van der Waals surface area contributed by atoms with Crippen LogP contribution < -0.4 is 0 Å². The van der Waals surface area contributed by atoms with Gasteiger partial charge in [0.25, 0.3) is 6.43 Å². The van der Waals surface area contributed by atoms with Crippen LogP contribution in [0.15, 0.2) is 87.0 Å². The highest BCUT2D eigenvalue weighted by molar-refractivity contribution is 7.97. The highest BCUT2D eigenvalue weighted by Crippen LogP contribution is 2.34. The van der Waals surface area contributed by atoms with Gasteiger partial charge in [0.1, 0.15) is 5.76 Å². The number of aliphatic carboxylic acids is 1. The molecular formula is C30H29F2NO5S2. The molecule has 0 spiro atoms. The molecule has 0 saturated carbocycles. The first-order chi connectivity index (χ1) is 18.9. The second kappa shape index (κ2) is 12.4. The standard InChI is InChI=1S/C30H29F2NO5S2/c1-19-13-20(2)29(21(3)14-19)39-33(17-25-11-12-27(38-25)30(31)32)16-22-7-9-23(10-8-22)24-5-4-6-26(15-24)40(36,37)18-28(34)35/h4-15,30H,16-18H2,1-3H3,(H,34,35). The van der Waals surface area contributed by atoms with Gasteiger partial charge in [-0.25, -0.2) is 21.5 Å². The molecule has 4 aromatic rings. The molecule has 0 amide bonds. The van der Waals surface area contributed by atoms with Crippen LogP contribution in [0.5, 0.6) is 0 Å². The van der Waals surface area contributed by atoms with Crippen molar-refractivity contribution in [1.82, 2.24) is 4.31 Å². The number of sulfone groups is 1. The summed E-state index contributed by atoms with van der Waals surface area (Å²) in [5.41, 5.74) is 5.77. The van der Waals surface area contributed by atoms with E-state index in [0.717, 1.165) is 32.7 Å². The maximum absolute atomic E-state index is 13.1. The Balaban J connectivity index is 1.58. The number of furan rings is 1. The van der Waals surface area contributed by atoms with Gasteiger partial charge in [-0.15, -0.1) is 0 Å². The molecular weight excluding hydrogens is 556 g/mol. The van der Waals surface area contributed by atoms with Crippen LogP contribution in [0.2, 0.25) is 0 Å². The normalized spacial score (nSPS) is 11.9. The molecule has 1 aromatic heterocycles. The molecule has 40 heavy (non-hydrogen) atoms. The van der Waals surface area contributed by atoms with E-state index in [1.54, 1.807) is 18.2 Å². The number of hydrogen-bond donors (Lipinski definition) is 1. The summed E-state index contributed by atoms with van der Waals surface area (Å²) in [6.07, 6.45) is -2.68. The van der Waals surface area contributed by atoms with E-state index in [2.05, 4.69) is 12.1 Å². The van der Waals surface area contributed by atoms with Crippen molar-refractivity contribution in [2.45, 2.75) is 50.1 Å². The molecule has 4 rings (SSSR count). The summed E-state index contributed by atoms with van der Waals surface area (Å²) >= 11 is 1.54. The topological polar surface area (TPSA) is 87.8 Å². The molecule has 0 aliphatic carbocycles. The third-order valence-electron chi connectivity index (χ3n) is 6.21. The van der Waals surface area contributed by atoms with Crippen LogP contribution in [0, 0.1) is 20.8 Å². The van der Waals surface area contributed by atoms with Crippen molar-refractivity contribution in [1.29, 1.82) is 0 Å². The minimum atomic E-state index is -3.95. The van der Waals surface area contributed by atoms with Crippen LogP contribution in [-0.2, 0) is 27.7 Å². The Bertz CT molecular complexity index is 1590. The molecule has 0 aliphatic rings. The first-order valence-corrected chi connectivity index (χ1v) is 14.9. The van der Waals surface area contributed by atoms with Gasteiger partial charge in [0.15, 0.2) is 21.4 Å². The predicted octanol–water partition coefficient (Wildman–Crippen LogP) is 7.38. The van der Waals surface area contributed by atoms with Gasteiger partial charge in [0, 0.05) is 11.4 Å². The van der Waals surface area contributed by atoms with E-state index >= 15 is 0 Å². The lowest BCUT2D eigenvalue weighted by Gasteiger charge is -2.23. The number of halogens is 2. The Labute approximate surface area is 236 Å². The Kier molecular flexibility index (Phi) is 9.12. The van der Waals surface area contributed by atoms with Crippen molar-refractivity contribution >= 4 is 27.8 Å². The number of carboxylic acids is 1. The van der Waals surface area contributed by atoms with E-state index in [4.69, 9.17) is 9.52 Å². The van der Waals surface area contributed by atoms with E-state index in [1.165, 1.54) is 30.1 Å². The van der Waals surface area contributed by atoms with Crippen molar-refractivity contribution in [3.05, 3.63) is 107 Å². The highest BCUT2D eigenvalue weighted by Gasteiger charge is 2.20. The summed E-state index contributed by atoms with van der Waals surface area (Å²) in [5, 5.41) is 8.93.